The van der Waals surface area contributed by atoms with Crippen LogP contribution in [0.2, 0.25) is 0 Å². The molecule has 4 heteroatoms. The van der Waals surface area contributed by atoms with Crippen LogP contribution in [0.5, 0.6) is 11.5 Å². The number of hydrogen-bond donors (Lipinski definition) is 2. The van der Waals surface area contributed by atoms with Crippen LogP contribution in [0, 0.1) is 0 Å². The molecule has 0 fully saturated rings. The van der Waals surface area contributed by atoms with E-state index in [0.29, 0.717) is 18.0 Å². The molecule has 1 heterocycles. The van der Waals surface area contributed by atoms with Gasteiger partial charge in [-0.05, 0) is 19.1 Å². The number of phenolic OH excluding ortho intramolecular Hbond substituents is 1. The number of hydrogen-bond acceptors (Lipinski definition) is 4. The Morgan fingerprint density at radius 1 is 1.50 bits per heavy atom. The van der Waals surface area contributed by atoms with Gasteiger partial charge in [-0.15, -0.1) is 11.3 Å². The van der Waals surface area contributed by atoms with Gasteiger partial charge in [0.15, 0.2) is 0 Å². The number of thiophene rings is 1. The second-order valence-corrected chi connectivity index (χ2v) is 3.79. The Bertz CT molecular complexity index is 464. The van der Waals surface area contributed by atoms with Crippen molar-refractivity contribution in [1.82, 2.24) is 0 Å². The van der Waals surface area contributed by atoms with Crippen LogP contribution in [0.4, 0.5) is 5.69 Å². The highest BCUT2D eigenvalue weighted by atomic mass is 32.1. The summed E-state index contributed by atoms with van der Waals surface area (Å²) >= 11 is 1.48. The number of fused-ring (bicyclic) bond motifs is 1. The molecule has 1 aromatic carbocycles. The fraction of sp³-hybridized carbons (Fsp3) is 0.200. The number of aromatic hydroxyl groups is 1. The topological polar surface area (TPSA) is 55.5 Å². The van der Waals surface area contributed by atoms with Crippen LogP contribution in [0.3, 0.4) is 0 Å². The fourth-order valence-electron chi connectivity index (χ4n) is 1.39. The van der Waals surface area contributed by atoms with Crippen molar-refractivity contribution >= 4 is 27.1 Å². The highest BCUT2D eigenvalue weighted by molar-refractivity contribution is 7.18. The third-order valence-electron chi connectivity index (χ3n) is 2.00. The van der Waals surface area contributed by atoms with Gasteiger partial charge < -0.3 is 15.6 Å². The Morgan fingerprint density at radius 2 is 2.29 bits per heavy atom. The Balaban J connectivity index is 2.70. The third-order valence-corrected chi connectivity index (χ3v) is 3.00. The number of anilines is 1. The second-order valence-electron chi connectivity index (χ2n) is 2.91. The monoisotopic (exact) mass is 209 g/mol. The normalized spacial score (nSPS) is 10.6. The van der Waals surface area contributed by atoms with Gasteiger partial charge in [-0.1, -0.05) is 0 Å². The van der Waals surface area contributed by atoms with Crippen LogP contribution in [0.1, 0.15) is 6.92 Å². The van der Waals surface area contributed by atoms with E-state index in [0.717, 1.165) is 10.1 Å². The van der Waals surface area contributed by atoms with Crippen LogP contribution in [0.25, 0.3) is 10.1 Å². The first-order valence-corrected chi connectivity index (χ1v) is 5.23. The molecule has 0 aliphatic rings. The molecule has 2 aromatic rings. The van der Waals surface area contributed by atoms with E-state index in [4.69, 9.17) is 10.5 Å². The molecule has 0 atom stereocenters. The quantitative estimate of drug-likeness (QED) is 0.590. The SMILES string of the molecule is CCOc1csc2c(N)ccc(O)c12. The van der Waals surface area contributed by atoms with Crippen molar-refractivity contribution in [2.45, 2.75) is 6.92 Å². The number of nitrogen functional groups attached to an aromatic ring is 1. The maximum atomic E-state index is 9.66. The van der Waals surface area contributed by atoms with Gasteiger partial charge in [0.25, 0.3) is 0 Å². The summed E-state index contributed by atoms with van der Waals surface area (Å²) in [5.41, 5.74) is 6.45. The molecule has 3 N–H and O–H groups in total. The summed E-state index contributed by atoms with van der Waals surface area (Å²) in [7, 11) is 0. The summed E-state index contributed by atoms with van der Waals surface area (Å²) in [6, 6.07) is 3.29. The van der Waals surface area contributed by atoms with Gasteiger partial charge in [-0.3, -0.25) is 0 Å². The lowest BCUT2D eigenvalue weighted by Gasteiger charge is -2.03. The Kier molecular flexibility index (Phi) is 2.21. The average molecular weight is 209 g/mol. The van der Waals surface area contributed by atoms with Gasteiger partial charge in [0.1, 0.15) is 11.5 Å². The zero-order valence-electron chi connectivity index (χ0n) is 7.78. The van der Waals surface area contributed by atoms with Crippen LogP contribution in [-0.2, 0) is 0 Å². The molecule has 0 saturated heterocycles. The molecule has 0 unspecified atom stereocenters. The summed E-state index contributed by atoms with van der Waals surface area (Å²) in [6.45, 7) is 2.49. The number of benzene rings is 1. The minimum Gasteiger partial charge on any atom is -0.507 e. The average Bonchev–Trinajstić information content (AvgIpc) is 2.58. The van der Waals surface area contributed by atoms with Crippen molar-refractivity contribution in [2.75, 3.05) is 12.3 Å². The fourth-order valence-corrected chi connectivity index (χ4v) is 2.32. The van der Waals surface area contributed by atoms with Gasteiger partial charge in [-0.25, -0.2) is 0 Å². The minimum absolute atomic E-state index is 0.221. The Labute approximate surface area is 85.7 Å². The van der Waals surface area contributed by atoms with Crippen LogP contribution in [0.15, 0.2) is 17.5 Å². The first kappa shape index (κ1) is 9.15. The molecule has 1 aromatic heterocycles. The number of rotatable bonds is 2. The van der Waals surface area contributed by atoms with Gasteiger partial charge in [-0.2, -0.15) is 0 Å². The van der Waals surface area contributed by atoms with Gasteiger partial charge in [0, 0.05) is 11.1 Å². The molecule has 2 rings (SSSR count). The first-order chi connectivity index (χ1) is 6.74. The van der Waals surface area contributed by atoms with E-state index in [-0.39, 0.29) is 5.75 Å². The third kappa shape index (κ3) is 1.28. The van der Waals surface area contributed by atoms with E-state index < -0.39 is 0 Å². The molecule has 3 nitrogen and oxygen atoms in total. The van der Waals surface area contributed by atoms with E-state index >= 15 is 0 Å². The van der Waals surface area contributed by atoms with Crippen molar-refractivity contribution in [1.29, 1.82) is 0 Å². The van der Waals surface area contributed by atoms with E-state index in [1.54, 1.807) is 12.1 Å². The number of nitrogens with two attached hydrogens (primary N) is 1. The molecule has 0 aliphatic heterocycles. The summed E-state index contributed by atoms with van der Waals surface area (Å²) in [5, 5.41) is 12.2. The lowest BCUT2D eigenvalue weighted by molar-refractivity contribution is 0.344. The zero-order chi connectivity index (χ0) is 10.1. The predicted molar refractivity (Wildman–Crippen MR) is 59.1 cm³/mol. The molecule has 0 amide bonds. The molecule has 74 valence electrons. The molecule has 0 bridgehead atoms. The maximum Gasteiger partial charge on any atom is 0.141 e. The predicted octanol–water partition coefficient (Wildman–Crippen LogP) is 2.59. The number of ether oxygens (including phenoxy) is 1. The van der Waals surface area contributed by atoms with E-state index in [9.17, 15) is 5.11 Å². The van der Waals surface area contributed by atoms with Gasteiger partial charge >= 0.3 is 0 Å². The first-order valence-electron chi connectivity index (χ1n) is 4.35. The molecular weight excluding hydrogens is 198 g/mol. The highest BCUT2D eigenvalue weighted by Crippen LogP contribution is 2.41. The van der Waals surface area contributed by atoms with E-state index in [1.807, 2.05) is 12.3 Å². The van der Waals surface area contributed by atoms with Crippen molar-refractivity contribution in [3.05, 3.63) is 17.5 Å². The molecule has 0 aliphatic carbocycles. The second kappa shape index (κ2) is 3.38. The van der Waals surface area contributed by atoms with Gasteiger partial charge in [0.05, 0.1) is 16.7 Å². The molecule has 0 radical (unpaired) electrons. The molecule has 0 saturated carbocycles. The van der Waals surface area contributed by atoms with Crippen molar-refractivity contribution < 1.29 is 9.84 Å². The standard InChI is InChI=1S/C10H11NO2S/c1-2-13-8-5-14-10-6(11)3-4-7(12)9(8)10/h3-5,12H,2,11H2,1H3. The van der Waals surface area contributed by atoms with Crippen LogP contribution >= 0.6 is 11.3 Å². The van der Waals surface area contributed by atoms with E-state index in [2.05, 4.69) is 0 Å². The highest BCUT2D eigenvalue weighted by Gasteiger charge is 2.11. The van der Waals surface area contributed by atoms with Gasteiger partial charge in [0.2, 0.25) is 0 Å². The molecule has 14 heavy (non-hydrogen) atoms. The zero-order valence-corrected chi connectivity index (χ0v) is 8.60. The van der Waals surface area contributed by atoms with Crippen molar-refractivity contribution in [2.24, 2.45) is 0 Å². The Hall–Kier alpha value is -1.42. The Morgan fingerprint density at radius 3 is 3.00 bits per heavy atom. The van der Waals surface area contributed by atoms with Crippen molar-refractivity contribution in [3.8, 4) is 11.5 Å². The minimum atomic E-state index is 0.221. The summed E-state index contributed by atoms with van der Waals surface area (Å²) < 4.78 is 6.27. The summed E-state index contributed by atoms with van der Waals surface area (Å²) in [4.78, 5) is 0. The lowest BCUT2D eigenvalue weighted by Crippen LogP contribution is -1.90. The largest absolute Gasteiger partial charge is 0.507 e. The molecular formula is C10H11NO2S. The number of phenols is 1. The van der Waals surface area contributed by atoms with E-state index in [1.165, 1.54) is 11.3 Å². The maximum absolute atomic E-state index is 9.66. The van der Waals surface area contributed by atoms with Crippen LogP contribution < -0.4 is 10.5 Å². The lowest BCUT2D eigenvalue weighted by atomic mass is 10.2. The van der Waals surface area contributed by atoms with Crippen molar-refractivity contribution in [3.63, 3.8) is 0 Å². The summed E-state index contributed by atoms with van der Waals surface area (Å²) in [6.07, 6.45) is 0. The van der Waals surface area contributed by atoms with Crippen LogP contribution in [-0.4, -0.2) is 11.7 Å². The smallest absolute Gasteiger partial charge is 0.141 e. The molecule has 0 spiro atoms. The summed E-state index contributed by atoms with van der Waals surface area (Å²) in [5.74, 6) is 0.927.